The molecule has 4 rings (SSSR count). The predicted molar refractivity (Wildman–Crippen MR) is 122 cm³/mol. The number of anilines is 1. The van der Waals surface area contributed by atoms with Crippen molar-refractivity contribution in [3.05, 3.63) is 47.8 Å². The highest BCUT2D eigenvalue weighted by molar-refractivity contribution is 7.89. The smallest absolute Gasteiger partial charge is 0.270 e. The molecule has 172 valence electrons. The van der Waals surface area contributed by atoms with Crippen LogP contribution in [0.15, 0.2) is 41.4 Å². The molecule has 0 unspecified atom stereocenters. The second-order valence-corrected chi connectivity index (χ2v) is 10.6. The van der Waals surface area contributed by atoms with Gasteiger partial charge in [-0.05, 0) is 57.2 Å². The van der Waals surface area contributed by atoms with E-state index in [2.05, 4.69) is 10.3 Å². The number of likely N-dealkylation sites (tertiary alicyclic amines) is 1. The minimum absolute atomic E-state index is 0.0671. The molecule has 2 saturated heterocycles. The van der Waals surface area contributed by atoms with Crippen molar-refractivity contribution in [2.24, 2.45) is 5.92 Å². The lowest BCUT2D eigenvalue weighted by Gasteiger charge is -2.31. The molecular weight excluding hydrogens is 428 g/mol. The Morgan fingerprint density at radius 3 is 2.47 bits per heavy atom. The number of rotatable bonds is 5. The van der Waals surface area contributed by atoms with Gasteiger partial charge in [-0.15, -0.1) is 0 Å². The molecule has 2 amide bonds. The Morgan fingerprint density at radius 1 is 1.03 bits per heavy atom. The lowest BCUT2D eigenvalue weighted by Crippen LogP contribution is -2.43. The van der Waals surface area contributed by atoms with Gasteiger partial charge in [0.25, 0.3) is 5.91 Å². The van der Waals surface area contributed by atoms with Crippen molar-refractivity contribution >= 4 is 27.5 Å². The van der Waals surface area contributed by atoms with Crippen LogP contribution in [0.25, 0.3) is 0 Å². The molecule has 1 aromatic carbocycles. The molecule has 2 fully saturated rings. The molecule has 0 spiro atoms. The maximum Gasteiger partial charge on any atom is 0.270 e. The number of nitrogens with one attached hydrogen (secondary N) is 2. The van der Waals surface area contributed by atoms with Crippen LogP contribution in [0.4, 0.5) is 5.69 Å². The van der Waals surface area contributed by atoms with Crippen LogP contribution in [0.5, 0.6) is 0 Å². The van der Waals surface area contributed by atoms with Crippen LogP contribution in [0, 0.1) is 12.8 Å². The maximum atomic E-state index is 13.2. The Labute approximate surface area is 189 Å². The number of aromatic amines is 1. The number of sulfonamides is 1. The fourth-order valence-electron chi connectivity index (χ4n) is 4.32. The highest BCUT2D eigenvalue weighted by Crippen LogP contribution is 2.26. The van der Waals surface area contributed by atoms with Gasteiger partial charge in [0.2, 0.25) is 15.9 Å². The summed E-state index contributed by atoms with van der Waals surface area (Å²) < 4.78 is 27.8. The lowest BCUT2D eigenvalue weighted by atomic mass is 9.98. The van der Waals surface area contributed by atoms with E-state index in [0.717, 1.165) is 24.8 Å². The average Bonchev–Trinajstić information content (AvgIpc) is 3.32. The molecule has 32 heavy (non-hydrogen) atoms. The number of nitrogens with zero attached hydrogens (tertiary/aromatic N) is 2. The molecule has 2 aliphatic heterocycles. The Hall–Kier alpha value is -2.65. The Kier molecular flexibility index (Phi) is 6.66. The zero-order valence-electron chi connectivity index (χ0n) is 18.3. The summed E-state index contributed by atoms with van der Waals surface area (Å²) in [6.07, 6.45) is 5.67. The maximum absolute atomic E-state index is 13.2. The number of hydrogen-bond donors (Lipinski definition) is 2. The zero-order valence-corrected chi connectivity index (χ0v) is 19.2. The number of amides is 2. The molecule has 0 saturated carbocycles. The Balaban J connectivity index is 1.43. The van der Waals surface area contributed by atoms with E-state index in [1.165, 1.54) is 16.6 Å². The summed E-state index contributed by atoms with van der Waals surface area (Å²) in [6, 6.07) is 8.93. The molecule has 3 heterocycles. The molecule has 2 aliphatic rings. The van der Waals surface area contributed by atoms with Crippen LogP contribution >= 0.6 is 0 Å². The monoisotopic (exact) mass is 458 g/mol. The molecule has 8 nitrogen and oxygen atoms in total. The molecule has 0 bridgehead atoms. The first-order valence-corrected chi connectivity index (χ1v) is 12.6. The van der Waals surface area contributed by atoms with E-state index < -0.39 is 15.9 Å². The molecular formula is C23H30N4O4S. The summed E-state index contributed by atoms with van der Waals surface area (Å²) in [5, 5.41) is 2.89. The summed E-state index contributed by atoms with van der Waals surface area (Å²) in [6.45, 7) is 3.85. The van der Waals surface area contributed by atoms with Gasteiger partial charge >= 0.3 is 0 Å². The minimum Gasteiger partial charge on any atom is -0.356 e. The molecule has 1 atom stereocenters. The number of benzene rings is 1. The third-order valence-corrected chi connectivity index (χ3v) is 8.08. The van der Waals surface area contributed by atoms with Crippen LogP contribution in [-0.2, 0) is 14.8 Å². The van der Waals surface area contributed by atoms with Crippen LogP contribution in [0.2, 0.25) is 0 Å². The van der Waals surface area contributed by atoms with Crippen molar-refractivity contribution in [3.8, 4) is 0 Å². The molecule has 2 N–H and O–H groups in total. The van der Waals surface area contributed by atoms with Crippen LogP contribution in [0.3, 0.4) is 0 Å². The highest BCUT2D eigenvalue weighted by atomic mass is 32.2. The molecule has 0 aliphatic carbocycles. The Bertz CT molecular complexity index is 1070. The summed E-state index contributed by atoms with van der Waals surface area (Å²) in [5.41, 5.74) is 2.09. The van der Waals surface area contributed by atoms with Gasteiger partial charge in [-0.25, -0.2) is 8.42 Å². The predicted octanol–water partition coefficient (Wildman–Crippen LogP) is 2.99. The van der Waals surface area contributed by atoms with Gasteiger partial charge in [-0.3, -0.25) is 9.59 Å². The number of H-pyrrole nitrogens is 1. The van der Waals surface area contributed by atoms with Crippen molar-refractivity contribution < 1.29 is 18.0 Å². The first-order chi connectivity index (χ1) is 15.3. The zero-order chi connectivity index (χ0) is 22.7. The Morgan fingerprint density at radius 2 is 1.75 bits per heavy atom. The fraction of sp³-hybridized carbons (Fsp3) is 0.478. The lowest BCUT2D eigenvalue weighted by molar-refractivity contribution is -0.120. The van der Waals surface area contributed by atoms with Crippen LogP contribution in [-0.4, -0.2) is 60.6 Å². The van der Waals surface area contributed by atoms with Gasteiger partial charge in [0.1, 0.15) is 10.6 Å². The van der Waals surface area contributed by atoms with Gasteiger partial charge < -0.3 is 15.2 Å². The second kappa shape index (κ2) is 9.46. The summed E-state index contributed by atoms with van der Waals surface area (Å²) in [5.74, 6) is -0.767. The van der Waals surface area contributed by atoms with Gasteiger partial charge in [-0.2, -0.15) is 4.31 Å². The van der Waals surface area contributed by atoms with Crippen molar-refractivity contribution in [2.45, 2.75) is 43.9 Å². The summed E-state index contributed by atoms with van der Waals surface area (Å²) in [7, 11) is -3.80. The quantitative estimate of drug-likeness (QED) is 0.719. The van der Waals surface area contributed by atoms with Crippen molar-refractivity contribution in [1.29, 1.82) is 0 Å². The largest absolute Gasteiger partial charge is 0.356 e. The van der Waals surface area contributed by atoms with Crippen molar-refractivity contribution in [2.75, 3.05) is 31.5 Å². The van der Waals surface area contributed by atoms with Crippen LogP contribution in [0.1, 0.15) is 48.2 Å². The van der Waals surface area contributed by atoms with Gasteiger partial charge in [0.15, 0.2) is 0 Å². The first kappa shape index (κ1) is 22.5. The molecule has 1 aromatic heterocycles. The summed E-state index contributed by atoms with van der Waals surface area (Å²) >= 11 is 0. The average molecular weight is 459 g/mol. The number of hydrogen-bond acceptors (Lipinski definition) is 4. The first-order valence-electron chi connectivity index (χ1n) is 11.2. The number of aromatic nitrogens is 1. The second-order valence-electron chi connectivity index (χ2n) is 8.66. The standard InChI is InChI=1S/C23H30N4O4S/c1-17-7-9-19(10-8-17)25-22(28)18-6-5-13-27(16-18)32(30,31)20-14-21(24-15-20)23(29)26-11-3-2-4-12-26/h7-10,14-15,18,24H,2-6,11-13,16H2,1H3,(H,25,28)/t18-/m1/s1. The topological polar surface area (TPSA) is 103 Å². The fourth-order valence-corrected chi connectivity index (χ4v) is 5.84. The number of piperidine rings is 2. The van der Waals surface area contributed by atoms with E-state index in [0.29, 0.717) is 38.2 Å². The summed E-state index contributed by atoms with van der Waals surface area (Å²) in [4.78, 5) is 30.1. The highest BCUT2D eigenvalue weighted by Gasteiger charge is 2.34. The van der Waals surface area contributed by atoms with Gasteiger partial charge in [0.05, 0.1) is 5.92 Å². The van der Waals surface area contributed by atoms with E-state index in [-0.39, 0.29) is 28.9 Å². The van der Waals surface area contributed by atoms with Crippen LogP contribution < -0.4 is 5.32 Å². The van der Waals surface area contributed by atoms with E-state index >= 15 is 0 Å². The van der Waals surface area contributed by atoms with E-state index in [1.807, 2.05) is 31.2 Å². The third kappa shape index (κ3) is 4.88. The number of carbonyl (C=O) groups excluding carboxylic acids is 2. The number of aryl methyl sites for hydroxylation is 1. The van der Waals surface area contributed by atoms with Crippen molar-refractivity contribution in [3.63, 3.8) is 0 Å². The van der Waals surface area contributed by atoms with E-state index in [1.54, 1.807) is 4.90 Å². The molecule has 9 heteroatoms. The van der Waals surface area contributed by atoms with E-state index in [4.69, 9.17) is 0 Å². The number of carbonyl (C=O) groups is 2. The third-order valence-electron chi connectivity index (χ3n) is 6.24. The minimum atomic E-state index is -3.80. The normalized spacial score (nSPS) is 20.2. The van der Waals surface area contributed by atoms with Crippen molar-refractivity contribution in [1.82, 2.24) is 14.2 Å². The molecule has 0 radical (unpaired) electrons. The molecule has 2 aromatic rings. The van der Waals surface area contributed by atoms with E-state index in [9.17, 15) is 18.0 Å². The SMILES string of the molecule is Cc1ccc(NC(=O)[C@@H]2CCCN(S(=O)(=O)c3c[nH]c(C(=O)N4CCCCC4)c3)C2)cc1. The van der Waals surface area contributed by atoms with Gasteiger partial charge in [-0.1, -0.05) is 17.7 Å². The van der Waals surface area contributed by atoms with Gasteiger partial charge in [0, 0.05) is 38.1 Å².